The number of rotatable bonds is 6. The molecule has 80 valence electrons. The maximum absolute atomic E-state index is 3.42. The van der Waals surface area contributed by atoms with E-state index in [1.807, 2.05) is 0 Å². The Morgan fingerprint density at radius 3 is 2.15 bits per heavy atom. The summed E-state index contributed by atoms with van der Waals surface area (Å²) in [7, 11) is 2.09. The molecule has 0 heterocycles. The van der Waals surface area contributed by atoms with E-state index in [1.54, 1.807) is 0 Å². The van der Waals surface area contributed by atoms with Crippen LogP contribution in [0.15, 0.2) is 0 Å². The highest BCUT2D eigenvalue weighted by molar-refractivity contribution is 4.73. The van der Waals surface area contributed by atoms with Gasteiger partial charge in [0, 0.05) is 6.04 Å². The van der Waals surface area contributed by atoms with Gasteiger partial charge in [-0.15, -0.1) is 0 Å². The van der Waals surface area contributed by atoms with Crippen LogP contribution >= 0.6 is 0 Å². The first-order chi connectivity index (χ1) is 5.99. The average Bonchev–Trinajstić information content (AvgIpc) is 2.01. The van der Waals surface area contributed by atoms with Crippen molar-refractivity contribution in [2.24, 2.45) is 5.41 Å². The smallest absolute Gasteiger partial charge is 0.00690 e. The maximum Gasteiger partial charge on any atom is 0.00690 e. The van der Waals surface area contributed by atoms with Crippen molar-refractivity contribution >= 4 is 0 Å². The quantitative estimate of drug-likeness (QED) is 0.624. The second-order valence-corrected chi connectivity index (χ2v) is 5.25. The Kier molecular flexibility index (Phi) is 6.40. The summed E-state index contributed by atoms with van der Waals surface area (Å²) in [5, 5.41) is 3.42. The van der Waals surface area contributed by atoms with Gasteiger partial charge in [0.2, 0.25) is 0 Å². The summed E-state index contributed by atoms with van der Waals surface area (Å²) < 4.78 is 0. The van der Waals surface area contributed by atoms with Crippen LogP contribution in [0.25, 0.3) is 0 Å². The molecule has 1 nitrogen and oxygen atoms in total. The van der Waals surface area contributed by atoms with Gasteiger partial charge in [-0.25, -0.2) is 0 Å². The Labute approximate surface area is 84.3 Å². The van der Waals surface area contributed by atoms with Crippen LogP contribution in [0, 0.1) is 5.41 Å². The van der Waals surface area contributed by atoms with E-state index in [0.717, 1.165) is 0 Å². The normalized spacial score (nSPS) is 14.5. The third kappa shape index (κ3) is 8.29. The lowest BCUT2D eigenvalue weighted by atomic mass is 9.86. The van der Waals surface area contributed by atoms with Gasteiger partial charge in [0.15, 0.2) is 0 Å². The first-order valence-corrected chi connectivity index (χ1v) is 5.67. The van der Waals surface area contributed by atoms with Crippen molar-refractivity contribution < 1.29 is 0 Å². The minimum absolute atomic E-state index is 0.458. The Hall–Kier alpha value is -0.0400. The highest BCUT2D eigenvalue weighted by Crippen LogP contribution is 2.22. The topological polar surface area (TPSA) is 12.0 Å². The minimum Gasteiger partial charge on any atom is -0.317 e. The maximum atomic E-state index is 3.42. The largest absolute Gasteiger partial charge is 0.317 e. The van der Waals surface area contributed by atoms with Crippen LogP contribution in [0.4, 0.5) is 0 Å². The van der Waals surface area contributed by atoms with Crippen molar-refractivity contribution in [3.8, 4) is 0 Å². The summed E-state index contributed by atoms with van der Waals surface area (Å²) >= 11 is 0. The summed E-state index contributed by atoms with van der Waals surface area (Å²) in [6.45, 7) is 9.21. The van der Waals surface area contributed by atoms with E-state index in [4.69, 9.17) is 0 Å². The van der Waals surface area contributed by atoms with E-state index in [-0.39, 0.29) is 0 Å². The zero-order valence-corrected chi connectivity index (χ0v) is 10.1. The molecular formula is C12H27N. The second kappa shape index (κ2) is 6.42. The summed E-state index contributed by atoms with van der Waals surface area (Å²) in [6, 6.07) is 0.714. The van der Waals surface area contributed by atoms with Crippen molar-refractivity contribution in [3.05, 3.63) is 0 Å². The van der Waals surface area contributed by atoms with E-state index >= 15 is 0 Å². The van der Waals surface area contributed by atoms with Crippen molar-refractivity contribution in [2.75, 3.05) is 7.05 Å². The molecule has 0 aliphatic rings. The summed E-state index contributed by atoms with van der Waals surface area (Å²) in [4.78, 5) is 0. The number of nitrogens with one attached hydrogen (secondary N) is 1. The fourth-order valence-electron chi connectivity index (χ4n) is 1.73. The number of hydrogen-bond acceptors (Lipinski definition) is 1. The van der Waals surface area contributed by atoms with E-state index in [2.05, 4.69) is 40.1 Å². The van der Waals surface area contributed by atoms with Crippen molar-refractivity contribution in [2.45, 2.75) is 65.8 Å². The van der Waals surface area contributed by atoms with Crippen LogP contribution < -0.4 is 5.32 Å². The van der Waals surface area contributed by atoms with Gasteiger partial charge in [-0.1, -0.05) is 47.0 Å². The van der Waals surface area contributed by atoms with E-state index in [1.165, 1.54) is 32.1 Å². The molecule has 0 aliphatic heterocycles. The van der Waals surface area contributed by atoms with Gasteiger partial charge in [0.25, 0.3) is 0 Å². The zero-order valence-electron chi connectivity index (χ0n) is 10.1. The van der Waals surface area contributed by atoms with E-state index < -0.39 is 0 Å². The highest BCUT2D eigenvalue weighted by atomic mass is 14.9. The molecule has 0 aromatic rings. The minimum atomic E-state index is 0.458. The lowest BCUT2D eigenvalue weighted by molar-refractivity contribution is 0.303. The predicted octanol–water partition coefficient (Wildman–Crippen LogP) is 3.59. The molecule has 1 atom stereocenters. The molecule has 0 aliphatic carbocycles. The molecule has 1 unspecified atom stereocenters. The monoisotopic (exact) mass is 185 g/mol. The molecule has 0 saturated heterocycles. The Balaban J connectivity index is 3.63. The summed E-state index contributed by atoms with van der Waals surface area (Å²) in [5.41, 5.74) is 0.458. The predicted molar refractivity (Wildman–Crippen MR) is 61.1 cm³/mol. The van der Waals surface area contributed by atoms with Gasteiger partial charge >= 0.3 is 0 Å². The molecule has 0 spiro atoms. The molecule has 0 radical (unpaired) electrons. The van der Waals surface area contributed by atoms with Crippen LogP contribution in [0.1, 0.15) is 59.8 Å². The molecule has 0 rings (SSSR count). The molecule has 1 N–H and O–H groups in total. The lowest BCUT2D eigenvalue weighted by Crippen LogP contribution is -2.29. The van der Waals surface area contributed by atoms with Crippen molar-refractivity contribution in [3.63, 3.8) is 0 Å². The molecule has 1 heteroatoms. The van der Waals surface area contributed by atoms with Crippen LogP contribution in [-0.4, -0.2) is 13.1 Å². The summed E-state index contributed by atoms with van der Waals surface area (Å²) in [5.74, 6) is 0. The van der Waals surface area contributed by atoms with Crippen LogP contribution in [0.2, 0.25) is 0 Å². The van der Waals surface area contributed by atoms with Crippen LogP contribution in [0.3, 0.4) is 0 Å². The third-order valence-electron chi connectivity index (χ3n) is 2.42. The van der Waals surface area contributed by atoms with Crippen molar-refractivity contribution in [1.29, 1.82) is 0 Å². The summed E-state index contributed by atoms with van der Waals surface area (Å²) in [6.07, 6.45) is 6.70. The van der Waals surface area contributed by atoms with E-state index in [0.29, 0.717) is 11.5 Å². The first kappa shape index (κ1) is 13.0. The molecule has 0 aromatic carbocycles. The van der Waals surface area contributed by atoms with Gasteiger partial charge in [0.05, 0.1) is 0 Å². The van der Waals surface area contributed by atoms with Crippen LogP contribution in [0.5, 0.6) is 0 Å². The second-order valence-electron chi connectivity index (χ2n) is 5.25. The molecule has 0 bridgehead atoms. The Morgan fingerprint density at radius 2 is 1.77 bits per heavy atom. The standard InChI is InChI=1S/C12H27N/c1-6-7-8-9-11(13-5)10-12(2,3)4/h11,13H,6-10H2,1-5H3. The average molecular weight is 185 g/mol. The highest BCUT2D eigenvalue weighted by Gasteiger charge is 2.16. The lowest BCUT2D eigenvalue weighted by Gasteiger charge is -2.25. The fraction of sp³-hybridized carbons (Fsp3) is 1.00. The first-order valence-electron chi connectivity index (χ1n) is 5.67. The SMILES string of the molecule is CCCCCC(CC(C)(C)C)NC. The fourth-order valence-corrected chi connectivity index (χ4v) is 1.73. The Morgan fingerprint density at radius 1 is 1.15 bits per heavy atom. The third-order valence-corrected chi connectivity index (χ3v) is 2.42. The van der Waals surface area contributed by atoms with E-state index in [9.17, 15) is 0 Å². The van der Waals surface area contributed by atoms with Gasteiger partial charge in [-0.2, -0.15) is 0 Å². The molecule has 0 amide bonds. The van der Waals surface area contributed by atoms with Gasteiger partial charge in [-0.05, 0) is 25.3 Å². The van der Waals surface area contributed by atoms with Gasteiger partial charge < -0.3 is 5.32 Å². The molecule has 0 aromatic heterocycles. The van der Waals surface area contributed by atoms with Crippen molar-refractivity contribution in [1.82, 2.24) is 5.32 Å². The molecular weight excluding hydrogens is 158 g/mol. The zero-order chi connectivity index (χ0) is 10.3. The van der Waals surface area contributed by atoms with Gasteiger partial charge in [-0.3, -0.25) is 0 Å². The number of unbranched alkanes of at least 4 members (excludes halogenated alkanes) is 2. The molecule has 0 saturated carbocycles. The van der Waals surface area contributed by atoms with Crippen LogP contribution in [-0.2, 0) is 0 Å². The molecule has 0 fully saturated rings. The number of hydrogen-bond donors (Lipinski definition) is 1. The van der Waals surface area contributed by atoms with Gasteiger partial charge in [0.1, 0.15) is 0 Å². The Bertz CT molecular complexity index is 113. The molecule has 13 heavy (non-hydrogen) atoms.